The van der Waals surface area contributed by atoms with Gasteiger partial charge in [-0.25, -0.2) is 4.39 Å². The summed E-state index contributed by atoms with van der Waals surface area (Å²) in [6.07, 6.45) is 1.35. The van der Waals surface area contributed by atoms with Crippen LogP contribution in [0.1, 0.15) is 32.4 Å². The topological polar surface area (TPSA) is 56.7 Å². The molecule has 0 bridgehead atoms. The smallest absolute Gasteiger partial charge is 0.191 e. The summed E-state index contributed by atoms with van der Waals surface area (Å²) in [5.74, 6) is 0.365. The number of thioether (sulfide) groups is 1. The predicted molar refractivity (Wildman–Crippen MR) is 108 cm³/mol. The normalized spacial score (nSPS) is 13.2. The standard InChI is InChI=1S/C16H26FN3OS.HI/c1-5-18-15(20-11-16(2,3)22-4)19-10-14(21)12-6-8-13(17)9-7-12;/h6-9,14,21H,5,10-11H2,1-4H3,(H2,18,19,20);1H. The van der Waals surface area contributed by atoms with Gasteiger partial charge >= 0.3 is 0 Å². The lowest BCUT2D eigenvalue weighted by Gasteiger charge is -2.21. The number of hydrogen-bond acceptors (Lipinski definition) is 3. The molecule has 0 aliphatic carbocycles. The zero-order valence-electron chi connectivity index (χ0n) is 14.1. The van der Waals surface area contributed by atoms with Crippen LogP contribution in [0.2, 0.25) is 0 Å². The number of aliphatic hydroxyl groups is 1. The molecule has 1 rings (SSSR count). The molecule has 0 radical (unpaired) electrons. The molecule has 0 spiro atoms. The van der Waals surface area contributed by atoms with Gasteiger partial charge in [0.1, 0.15) is 5.82 Å². The number of benzene rings is 1. The maximum atomic E-state index is 12.9. The number of nitrogens with zero attached hydrogens (tertiary/aromatic N) is 1. The molecule has 0 aliphatic heterocycles. The molecule has 0 saturated heterocycles. The lowest BCUT2D eigenvalue weighted by Crippen LogP contribution is -2.40. The first-order chi connectivity index (χ1) is 10.4. The van der Waals surface area contributed by atoms with Gasteiger partial charge in [-0.1, -0.05) is 12.1 Å². The molecule has 0 aromatic heterocycles. The van der Waals surface area contributed by atoms with Gasteiger partial charge in [-0.15, -0.1) is 24.0 Å². The van der Waals surface area contributed by atoms with Crippen LogP contribution >= 0.6 is 35.7 Å². The van der Waals surface area contributed by atoms with Crippen LogP contribution in [0, 0.1) is 5.82 Å². The molecule has 132 valence electrons. The van der Waals surface area contributed by atoms with E-state index in [4.69, 9.17) is 0 Å². The van der Waals surface area contributed by atoms with E-state index in [0.29, 0.717) is 24.6 Å². The van der Waals surface area contributed by atoms with Crippen LogP contribution in [0.5, 0.6) is 0 Å². The first kappa shape index (κ1) is 22.5. The summed E-state index contributed by atoms with van der Waals surface area (Å²) in [7, 11) is 0. The molecule has 0 aliphatic rings. The van der Waals surface area contributed by atoms with Gasteiger partial charge in [0.2, 0.25) is 0 Å². The highest BCUT2D eigenvalue weighted by Crippen LogP contribution is 2.21. The Morgan fingerprint density at radius 1 is 1.30 bits per heavy atom. The Kier molecular flexibility index (Phi) is 10.8. The Bertz CT molecular complexity index is 483. The summed E-state index contributed by atoms with van der Waals surface area (Å²) in [5, 5.41) is 16.4. The van der Waals surface area contributed by atoms with Crippen molar-refractivity contribution in [3.8, 4) is 0 Å². The van der Waals surface area contributed by atoms with Crippen molar-refractivity contribution in [1.29, 1.82) is 0 Å². The number of hydrogen-bond donors (Lipinski definition) is 3. The minimum atomic E-state index is -0.710. The molecule has 3 N–H and O–H groups in total. The van der Waals surface area contributed by atoms with E-state index in [2.05, 4.69) is 35.7 Å². The zero-order chi connectivity index (χ0) is 16.6. The summed E-state index contributed by atoms with van der Waals surface area (Å²) in [6.45, 7) is 8.01. The van der Waals surface area contributed by atoms with Gasteiger partial charge in [-0.2, -0.15) is 11.8 Å². The highest BCUT2D eigenvalue weighted by atomic mass is 127. The predicted octanol–water partition coefficient (Wildman–Crippen LogP) is 3.17. The second-order valence-corrected chi connectivity index (χ2v) is 7.12. The van der Waals surface area contributed by atoms with Crippen molar-refractivity contribution in [1.82, 2.24) is 10.6 Å². The van der Waals surface area contributed by atoms with Crippen LogP contribution in [-0.4, -0.2) is 41.7 Å². The molecule has 0 amide bonds. The first-order valence-corrected chi connectivity index (χ1v) is 8.61. The minimum absolute atomic E-state index is 0. The van der Waals surface area contributed by atoms with Crippen molar-refractivity contribution in [3.63, 3.8) is 0 Å². The number of rotatable bonds is 7. The molecular formula is C16H27FIN3OS. The fraction of sp³-hybridized carbons (Fsp3) is 0.562. The summed E-state index contributed by atoms with van der Waals surface area (Å²) in [4.78, 5) is 4.54. The molecule has 7 heteroatoms. The first-order valence-electron chi connectivity index (χ1n) is 7.39. The highest BCUT2D eigenvalue weighted by molar-refractivity contribution is 14.0. The Balaban J connectivity index is 0.00000484. The molecule has 23 heavy (non-hydrogen) atoms. The molecule has 0 fully saturated rings. The maximum absolute atomic E-state index is 12.9. The van der Waals surface area contributed by atoms with Gasteiger partial charge in [-0.05, 0) is 44.7 Å². The minimum Gasteiger partial charge on any atom is -0.387 e. The monoisotopic (exact) mass is 455 g/mol. The quantitative estimate of drug-likeness (QED) is 0.336. The van der Waals surface area contributed by atoms with E-state index in [1.807, 2.05) is 6.92 Å². The Morgan fingerprint density at radius 2 is 1.91 bits per heavy atom. The third kappa shape index (κ3) is 8.76. The number of halogens is 2. The second kappa shape index (κ2) is 11.1. The number of guanidine groups is 1. The summed E-state index contributed by atoms with van der Waals surface area (Å²) in [6, 6.07) is 5.86. The van der Waals surface area contributed by atoms with Crippen molar-refractivity contribution in [3.05, 3.63) is 35.6 Å². The van der Waals surface area contributed by atoms with Crippen molar-refractivity contribution in [2.24, 2.45) is 4.99 Å². The van der Waals surface area contributed by atoms with Crippen LogP contribution in [-0.2, 0) is 0 Å². The molecule has 4 nitrogen and oxygen atoms in total. The van der Waals surface area contributed by atoms with Gasteiger partial charge in [-0.3, -0.25) is 4.99 Å². The Labute approximate surface area is 159 Å². The van der Waals surface area contributed by atoms with Crippen LogP contribution < -0.4 is 10.6 Å². The lowest BCUT2D eigenvalue weighted by atomic mass is 10.1. The highest BCUT2D eigenvalue weighted by Gasteiger charge is 2.15. The molecule has 1 atom stereocenters. The van der Waals surface area contributed by atoms with Crippen LogP contribution in [0.3, 0.4) is 0 Å². The molecule has 0 saturated carbocycles. The van der Waals surface area contributed by atoms with Gasteiger partial charge in [0, 0.05) is 17.8 Å². The van der Waals surface area contributed by atoms with Crippen LogP contribution in [0.15, 0.2) is 29.3 Å². The van der Waals surface area contributed by atoms with Crippen LogP contribution in [0.4, 0.5) is 4.39 Å². The fourth-order valence-corrected chi connectivity index (χ4v) is 1.87. The van der Waals surface area contributed by atoms with E-state index in [0.717, 1.165) is 6.54 Å². The molecular weight excluding hydrogens is 428 g/mol. The molecule has 1 aromatic carbocycles. The van der Waals surface area contributed by atoms with E-state index in [1.54, 1.807) is 23.9 Å². The number of nitrogens with one attached hydrogen (secondary N) is 2. The van der Waals surface area contributed by atoms with E-state index in [1.165, 1.54) is 12.1 Å². The Hall–Kier alpha value is -0.540. The molecule has 1 unspecified atom stereocenters. The number of aliphatic hydroxyl groups excluding tert-OH is 1. The average Bonchev–Trinajstić information content (AvgIpc) is 2.50. The lowest BCUT2D eigenvalue weighted by molar-refractivity contribution is 0.180. The third-order valence-corrected chi connectivity index (χ3v) is 4.47. The molecule has 0 heterocycles. The summed E-state index contributed by atoms with van der Waals surface area (Å²) < 4.78 is 12.9. The van der Waals surface area contributed by atoms with Crippen molar-refractivity contribution >= 4 is 41.7 Å². The number of aliphatic imine (C=N–C) groups is 1. The van der Waals surface area contributed by atoms with Crippen molar-refractivity contribution in [2.75, 3.05) is 25.9 Å². The van der Waals surface area contributed by atoms with E-state index < -0.39 is 6.10 Å². The maximum Gasteiger partial charge on any atom is 0.191 e. The van der Waals surface area contributed by atoms with Gasteiger partial charge in [0.25, 0.3) is 0 Å². The fourth-order valence-electron chi connectivity index (χ4n) is 1.67. The largest absolute Gasteiger partial charge is 0.387 e. The van der Waals surface area contributed by atoms with Crippen molar-refractivity contribution in [2.45, 2.75) is 31.6 Å². The SMILES string of the molecule is CCNC(=NCC(C)(C)SC)NCC(O)c1ccc(F)cc1.I. The van der Waals surface area contributed by atoms with Crippen LogP contribution in [0.25, 0.3) is 0 Å². The average molecular weight is 455 g/mol. The summed E-state index contributed by atoms with van der Waals surface area (Å²) in [5.41, 5.74) is 0.675. The van der Waals surface area contributed by atoms with E-state index in [9.17, 15) is 9.50 Å². The van der Waals surface area contributed by atoms with E-state index in [-0.39, 0.29) is 34.5 Å². The van der Waals surface area contributed by atoms with E-state index >= 15 is 0 Å². The van der Waals surface area contributed by atoms with Gasteiger partial charge in [0.15, 0.2) is 5.96 Å². The Morgan fingerprint density at radius 3 is 2.43 bits per heavy atom. The van der Waals surface area contributed by atoms with Gasteiger partial charge < -0.3 is 15.7 Å². The third-order valence-electron chi connectivity index (χ3n) is 3.23. The molecule has 1 aromatic rings. The van der Waals surface area contributed by atoms with Gasteiger partial charge in [0.05, 0.1) is 12.6 Å². The van der Waals surface area contributed by atoms with Crippen molar-refractivity contribution < 1.29 is 9.50 Å². The summed E-state index contributed by atoms with van der Waals surface area (Å²) >= 11 is 1.76. The second-order valence-electron chi connectivity index (χ2n) is 5.61. The zero-order valence-corrected chi connectivity index (χ0v) is 17.2.